The molecule has 0 fully saturated rings. The highest BCUT2D eigenvalue weighted by Gasteiger charge is 1.56. The van der Waals surface area contributed by atoms with Gasteiger partial charge in [-0.2, -0.15) is 0 Å². The van der Waals surface area contributed by atoms with Crippen molar-refractivity contribution < 1.29 is 4.84 Å². The van der Waals surface area contributed by atoms with Crippen LogP contribution in [0, 0.1) is 11.5 Å². The Bertz CT molecular complexity index is 45.3. The van der Waals surface area contributed by atoms with Gasteiger partial charge in [-0.25, -0.2) is 5.84 Å². The average molecular weight is 73.1 g/mol. The first-order valence-corrected chi connectivity index (χ1v) is 0.921. The van der Waals surface area contributed by atoms with Gasteiger partial charge in [0.15, 0.2) is 0 Å². The SMILES string of the molecule is N#CONN. The summed E-state index contributed by atoms with van der Waals surface area (Å²) in [6.07, 6.45) is 1.28. The molecule has 0 aromatic carbocycles. The summed E-state index contributed by atoms with van der Waals surface area (Å²) < 4.78 is 0. The molecular weight excluding hydrogens is 70.0 g/mol. The average Bonchev–Trinajstić information content (AvgIpc) is 1.41. The fourth-order valence-corrected chi connectivity index (χ4v) is 0.0264. The van der Waals surface area contributed by atoms with E-state index in [4.69, 9.17) is 5.26 Å². The highest BCUT2D eigenvalue weighted by Crippen LogP contribution is 1.39. The minimum atomic E-state index is 1.28. The van der Waals surface area contributed by atoms with Gasteiger partial charge in [0.25, 0.3) is 0 Å². The second-order valence-electron chi connectivity index (χ2n) is 0.311. The molecule has 0 aliphatic carbocycles. The van der Waals surface area contributed by atoms with Gasteiger partial charge in [-0.05, 0) is 0 Å². The van der Waals surface area contributed by atoms with Gasteiger partial charge in [0.05, 0.1) is 0 Å². The van der Waals surface area contributed by atoms with Gasteiger partial charge in [0.1, 0.15) is 0 Å². The molecule has 0 atom stereocenters. The van der Waals surface area contributed by atoms with Crippen LogP contribution in [0.25, 0.3) is 0 Å². The summed E-state index contributed by atoms with van der Waals surface area (Å²) in [4.78, 5) is 3.67. The number of nitrogens with one attached hydrogen (secondary N) is 1. The summed E-state index contributed by atoms with van der Waals surface area (Å²) in [6, 6.07) is 0. The van der Waals surface area contributed by atoms with Crippen LogP contribution < -0.4 is 11.4 Å². The Balaban J connectivity index is 2.48. The number of nitrogens with zero attached hydrogens (tertiary/aromatic N) is 1. The maximum Gasteiger partial charge on any atom is 0.308 e. The summed E-state index contributed by atoms with van der Waals surface area (Å²) >= 11 is 0. The molecule has 4 heteroatoms. The Kier molecular flexibility index (Phi) is 2.70. The maximum absolute atomic E-state index is 7.45. The monoisotopic (exact) mass is 73.0 g/mol. The Morgan fingerprint density at radius 3 is 2.60 bits per heavy atom. The van der Waals surface area contributed by atoms with Gasteiger partial charge in [0.2, 0.25) is 0 Å². The van der Waals surface area contributed by atoms with Crippen molar-refractivity contribution in [1.82, 2.24) is 5.59 Å². The summed E-state index contributed by atoms with van der Waals surface area (Å²) in [7, 11) is 0. The number of nitriles is 1. The Morgan fingerprint density at radius 1 is 2.00 bits per heavy atom. The Hall–Kier alpha value is -0.790. The lowest BCUT2D eigenvalue weighted by molar-refractivity contribution is 0.154. The lowest BCUT2D eigenvalue weighted by Gasteiger charge is -1.79. The van der Waals surface area contributed by atoms with Crippen LogP contribution in [0.1, 0.15) is 0 Å². The molecule has 3 N–H and O–H groups in total. The zero-order valence-corrected chi connectivity index (χ0v) is 2.43. The lowest BCUT2D eigenvalue weighted by atomic mass is 11.6. The minimum absolute atomic E-state index is 1.28. The van der Waals surface area contributed by atoms with Crippen molar-refractivity contribution in [3.8, 4) is 6.26 Å². The normalized spacial score (nSPS) is 5.60. The van der Waals surface area contributed by atoms with E-state index >= 15 is 0 Å². The van der Waals surface area contributed by atoms with Crippen LogP contribution in [-0.2, 0) is 4.84 Å². The van der Waals surface area contributed by atoms with Crippen molar-refractivity contribution in [3.63, 3.8) is 0 Å². The molecule has 0 bridgehead atoms. The zero-order chi connectivity index (χ0) is 4.12. The summed E-state index contributed by atoms with van der Waals surface area (Å²) in [5.74, 6) is 4.44. The van der Waals surface area contributed by atoms with E-state index in [0.717, 1.165) is 0 Å². The van der Waals surface area contributed by atoms with Crippen molar-refractivity contribution in [3.05, 3.63) is 0 Å². The van der Waals surface area contributed by atoms with Crippen LogP contribution in [-0.4, -0.2) is 0 Å². The second kappa shape index (κ2) is 3.21. The molecule has 0 aliphatic rings. The summed E-state index contributed by atoms with van der Waals surface area (Å²) in [5, 5.41) is 7.45. The van der Waals surface area contributed by atoms with Crippen LogP contribution in [0.15, 0.2) is 0 Å². The second-order valence-corrected chi connectivity index (χ2v) is 0.311. The van der Waals surface area contributed by atoms with Gasteiger partial charge in [0, 0.05) is 0 Å². The number of hydrogen-bond acceptors (Lipinski definition) is 4. The van der Waals surface area contributed by atoms with E-state index in [2.05, 4.69) is 10.7 Å². The molecule has 4 nitrogen and oxygen atoms in total. The zero-order valence-electron chi connectivity index (χ0n) is 2.43. The minimum Gasteiger partial charge on any atom is -0.315 e. The van der Waals surface area contributed by atoms with Gasteiger partial charge in [-0.15, -0.1) is 5.26 Å². The molecule has 5 heavy (non-hydrogen) atoms. The molecule has 0 radical (unpaired) electrons. The van der Waals surface area contributed by atoms with E-state index < -0.39 is 0 Å². The first-order valence-electron chi connectivity index (χ1n) is 0.921. The highest BCUT2D eigenvalue weighted by atomic mass is 16.7. The summed E-state index contributed by atoms with van der Waals surface area (Å²) in [5.41, 5.74) is 1.66. The first kappa shape index (κ1) is 4.21. The van der Waals surface area contributed by atoms with E-state index in [0.29, 0.717) is 0 Å². The van der Waals surface area contributed by atoms with E-state index in [9.17, 15) is 0 Å². The number of rotatable bonds is 1. The number of hydrazine groups is 1. The Labute approximate surface area is 29.1 Å². The van der Waals surface area contributed by atoms with Crippen LogP contribution in [0.4, 0.5) is 0 Å². The molecule has 0 aliphatic heterocycles. The molecule has 0 rings (SSSR count). The van der Waals surface area contributed by atoms with Gasteiger partial charge < -0.3 is 4.84 Å². The standard InChI is InChI=1S/CH3N3O/c2-1-5-4-3/h4H,3H2. The maximum atomic E-state index is 7.45. The molecule has 0 aromatic rings. The first-order chi connectivity index (χ1) is 2.41. The predicted molar refractivity (Wildman–Crippen MR) is 14.0 cm³/mol. The van der Waals surface area contributed by atoms with Gasteiger partial charge in [-0.1, -0.05) is 5.59 Å². The fraction of sp³-hybridized carbons (Fsp3) is 0. The van der Waals surface area contributed by atoms with Crippen LogP contribution in [0.3, 0.4) is 0 Å². The van der Waals surface area contributed by atoms with Crippen LogP contribution in [0.5, 0.6) is 0 Å². The van der Waals surface area contributed by atoms with Crippen molar-refractivity contribution in [2.24, 2.45) is 5.84 Å². The highest BCUT2D eigenvalue weighted by molar-refractivity contribution is 4.38. The molecular formula is CH3N3O. The predicted octanol–water partition coefficient (Wildman–Crippen LogP) is -1.14. The topological polar surface area (TPSA) is 71.1 Å². The number of nitrogens with two attached hydrogens (primary N) is 1. The number of hydrogen-bond donors (Lipinski definition) is 2. The van der Waals surface area contributed by atoms with E-state index in [-0.39, 0.29) is 0 Å². The van der Waals surface area contributed by atoms with Crippen molar-refractivity contribution in [2.45, 2.75) is 0 Å². The molecule has 0 unspecified atom stereocenters. The summed E-state index contributed by atoms with van der Waals surface area (Å²) in [6.45, 7) is 0. The Morgan fingerprint density at radius 2 is 2.60 bits per heavy atom. The molecule has 0 aromatic heterocycles. The quantitative estimate of drug-likeness (QED) is 0.234. The molecule has 0 spiro atoms. The van der Waals surface area contributed by atoms with E-state index in [1.807, 2.05) is 0 Å². The largest absolute Gasteiger partial charge is 0.315 e. The molecule has 0 amide bonds. The molecule has 0 saturated heterocycles. The third-order valence-corrected chi connectivity index (χ3v) is 0.105. The van der Waals surface area contributed by atoms with Crippen molar-refractivity contribution in [1.29, 1.82) is 5.26 Å². The van der Waals surface area contributed by atoms with Crippen molar-refractivity contribution in [2.75, 3.05) is 0 Å². The van der Waals surface area contributed by atoms with Crippen molar-refractivity contribution >= 4 is 0 Å². The van der Waals surface area contributed by atoms with Crippen LogP contribution >= 0.6 is 0 Å². The third-order valence-electron chi connectivity index (χ3n) is 0.105. The molecule has 0 saturated carbocycles. The molecule has 28 valence electrons. The fourth-order valence-electron chi connectivity index (χ4n) is 0.0264. The van der Waals surface area contributed by atoms with E-state index in [1.54, 1.807) is 5.59 Å². The van der Waals surface area contributed by atoms with E-state index in [1.165, 1.54) is 6.26 Å². The third kappa shape index (κ3) is 3.21. The van der Waals surface area contributed by atoms with Gasteiger partial charge >= 0.3 is 6.26 Å². The lowest BCUT2D eigenvalue weighted by Crippen LogP contribution is -2.18. The molecule has 0 heterocycles. The van der Waals surface area contributed by atoms with Crippen LogP contribution in [0.2, 0.25) is 0 Å². The smallest absolute Gasteiger partial charge is 0.308 e. The van der Waals surface area contributed by atoms with Gasteiger partial charge in [-0.3, -0.25) is 0 Å².